The first-order valence-corrected chi connectivity index (χ1v) is 9.20. The SMILES string of the molecule is Cc1cc(C)cc(NC(=S)N[C@@H](c2ccccc2)c2ccccc2C)c1. The minimum atomic E-state index is 0.00306. The molecule has 0 bridgehead atoms. The van der Waals surface area contributed by atoms with Crippen LogP contribution < -0.4 is 10.6 Å². The maximum absolute atomic E-state index is 5.62. The second-order valence-corrected chi connectivity index (χ2v) is 7.08. The average molecular weight is 361 g/mol. The highest BCUT2D eigenvalue weighted by Crippen LogP contribution is 2.25. The third-order valence-electron chi connectivity index (χ3n) is 4.39. The molecule has 0 aliphatic rings. The summed E-state index contributed by atoms with van der Waals surface area (Å²) in [7, 11) is 0. The van der Waals surface area contributed by atoms with Gasteiger partial charge in [-0.2, -0.15) is 0 Å². The normalized spacial score (nSPS) is 11.7. The molecule has 0 fully saturated rings. The minimum absolute atomic E-state index is 0.00306. The van der Waals surface area contributed by atoms with Crippen molar-refractivity contribution in [2.75, 3.05) is 5.32 Å². The summed E-state index contributed by atoms with van der Waals surface area (Å²) in [5.41, 5.74) is 7.09. The lowest BCUT2D eigenvalue weighted by Crippen LogP contribution is -2.33. The van der Waals surface area contributed by atoms with E-state index in [4.69, 9.17) is 12.2 Å². The molecule has 3 aromatic rings. The van der Waals surface area contributed by atoms with Gasteiger partial charge < -0.3 is 10.6 Å². The first-order chi connectivity index (χ1) is 12.5. The fourth-order valence-corrected chi connectivity index (χ4v) is 3.48. The zero-order valence-corrected chi connectivity index (χ0v) is 16.2. The molecule has 0 unspecified atom stereocenters. The van der Waals surface area contributed by atoms with E-state index < -0.39 is 0 Å². The number of nitrogens with one attached hydrogen (secondary N) is 2. The van der Waals surface area contributed by atoms with Gasteiger partial charge in [-0.25, -0.2) is 0 Å². The average Bonchev–Trinajstić information content (AvgIpc) is 2.60. The lowest BCUT2D eigenvalue weighted by Gasteiger charge is -2.23. The molecule has 0 saturated carbocycles. The third kappa shape index (κ3) is 4.50. The molecule has 0 aliphatic carbocycles. The van der Waals surface area contributed by atoms with Gasteiger partial charge in [0.1, 0.15) is 0 Å². The van der Waals surface area contributed by atoms with Crippen LogP contribution in [0.5, 0.6) is 0 Å². The van der Waals surface area contributed by atoms with Crippen molar-refractivity contribution in [3.63, 3.8) is 0 Å². The van der Waals surface area contributed by atoms with E-state index in [9.17, 15) is 0 Å². The molecule has 3 rings (SSSR count). The van der Waals surface area contributed by atoms with Crippen molar-refractivity contribution in [3.05, 3.63) is 101 Å². The quantitative estimate of drug-likeness (QED) is 0.585. The van der Waals surface area contributed by atoms with Crippen molar-refractivity contribution >= 4 is 23.0 Å². The lowest BCUT2D eigenvalue weighted by atomic mass is 9.95. The molecule has 26 heavy (non-hydrogen) atoms. The highest BCUT2D eigenvalue weighted by Gasteiger charge is 2.17. The molecule has 3 heteroatoms. The molecule has 2 N–H and O–H groups in total. The predicted octanol–water partition coefficient (Wildman–Crippen LogP) is 5.69. The van der Waals surface area contributed by atoms with Crippen LogP contribution in [0.15, 0.2) is 72.8 Å². The van der Waals surface area contributed by atoms with Gasteiger partial charge in [0.05, 0.1) is 6.04 Å². The maximum atomic E-state index is 5.62. The van der Waals surface area contributed by atoms with Gasteiger partial charge in [0.2, 0.25) is 0 Å². The van der Waals surface area contributed by atoms with Crippen LogP contribution >= 0.6 is 12.2 Å². The van der Waals surface area contributed by atoms with Crippen molar-refractivity contribution in [2.45, 2.75) is 26.8 Å². The minimum Gasteiger partial charge on any atom is -0.352 e. The summed E-state index contributed by atoms with van der Waals surface area (Å²) in [4.78, 5) is 0. The van der Waals surface area contributed by atoms with Gasteiger partial charge in [0.15, 0.2) is 5.11 Å². The van der Waals surface area contributed by atoms with Gasteiger partial charge in [-0.1, -0.05) is 60.7 Å². The van der Waals surface area contributed by atoms with Crippen molar-refractivity contribution in [2.24, 2.45) is 0 Å². The molecule has 0 radical (unpaired) electrons. The zero-order valence-electron chi connectivity index (χ0n) is 15.4. The summed E-state index contributed by atoms with van der Waals surface area (Å²) < 4.78 is 0. The van der Waals surface area contributed by atoms with E-state index in [0.717, 1.165) is 5.69 Å². The summed E-state index contributed by atoms with van der Waals surface area (Å²) in [6.45, 7) is 6.32. The Morgan fingerprint density at radius 1 is 0.808 bits per heavy atom. The highest BCUT2D eigenvalue weighted by molar-refractivity contribution is 7.80. The van der Waals surface area contributed by atoms with E-state index in [1.807, 2.05) is 6.07 Å². The number of hydrogen-bond acceptors (Lipinski definition) is 1. The number of aryl methyl sites for hydroxylation is 3. The Bertz CT molecular complexity index is 883. The zero-order chi connectivity index (χ0) is 18.5. The van der Waals surface area contributed by atoms with Gasteiger partial charge in [0.25, 0.3) is 0 Å². The Balaban J connectivity index is 1.86. The van der Waals surface area contributed by atoms with E-state index in [2.05, 4.69) is 98.1 Å². The van der Waals surface area contributed by atoms with E-state index in [1.165, 1.54) is 27.8 Å². The molecule has 2 nitrogen and oxygen atoms in total. The van der Waals surface area contributed by atoms with Crippen molar-refractivity contribution in [1.29, 1.82) is 0 Å². The fraction of sp³-hybridized carbons (Fsp3) is 0.174. The Morgan fingerprint density at radius 3 is 2.08 bits per heavy atom. The van der Waals surface area contributed by atoms with Crippen molar-refractivity contribution in [1.82, 2.24) is 5.32 Å². The molecule has 0 amide bonds. The van der Waals surface area contributed by atoms with E-state index in [-0.39, 0.29) is 6.04 Å². The first-order valence-electron chi connectivity index (χ1n) is 8.79. The predicted molar refractivity (Wildman–Crippen MR) is 115 cm³/mol. The van der Waals surface area contributed by atoms with Crippen LogP contribution in [-0.4, -0.2) is 5.11 Å². The van der Waals surface area contributed by atoms with Crippen LogP contribution in [0.3, 0.4) is 0 Å². The van der Waals surface area contributed by atoms with Crippen molar-refractivity contribution < 1.29 is 0 Å². The van der Waals surface area contributed by atoms with Gasteiger partial charge >= 0.3 is 0 Å². The number of thiocarbonyl (C=S) groups is 1. The number of hydrogen-bond donors (Lipinski definition) is 2. The molecule has 0 saturated heterocycles. The van der Waals surface area contributed by atoms with Gasteiger partial charge in [-0.15, -0.1) is 0 Å². The topological polar surface area (TPSA) is 24.1 Å². The molecule has 1 atom stereocenters. The number of anilines is 1. The molecule has 132 valence electrons. The maximum Gasteiger partial charge on any atom is 0.171 e. The van der Waals surface area contributed by atoms with E-state index in [1.54, 1.807) is 0 Å². The Morgan fingerprint density at radius 2 is 1.42 bits per heavy atom. The van der Waals surface area contributed by atoms with Gasteiger partial charge in [-0.3, -0.25) is 0 Å². The van der Waals surface area contributed by atoms with E-state index >= 15 is 0 Å². The highest BCUT2D eigenvalue weighted by atomic mass is 32.1. The lowest BCUT2D eigenvalue weighted by molar-refractivity contribution is 0.762. The van der Waals surface area contributed by atoms with Crippen LogP contribution in [0.25, 0.3) is 0 Å². The summed E-state index contributed by atoms with van der Waals surface area (Å²) in [5.74, 6) is 0. The smallest absolute Gasteiger partial charge is 0.171 e. The third-order valence-corrected chi connectivity index (χ3v) is 4.61. The summed E-state index contributed by atoms with van der Waals surface area (Å²) in [6, 6.07) is 25.2. The van der Waals surface area contributed by atoms with Crippen LogP contribution in [0.2, 0.25) is 0 Å². The summed E-state index contributed by atoms with van der Waals surface area (Å²) in [5, 5.41) is 7.45. The second kappa shape index (κ2) is 8.15. The van der Waals surface area contributed by atoms with Crippen LogP contribution in [0.1, 0.15) is 33.9 Å². The monoisotopic (exact) mass is 360 g/mol. The molecule has 0 heterocycles. The van der Waals surface area contributed by atoms with Crippen molar-refractivity contribution in [3.8, 4) is 0 Å². The number of benzene rings is 3. The Hall–Kier alpha value is -2.65. The van der Waals surface area contributed by atoms with Crippen LogP contribution in [0, 0.1) is 20.8 Å². The Kier molecular flexibility index (Phi) is 5.69. The standard InChI is InChI=1S/C23H24N2S/c1-16-13-17(2)15-20(14-16)24-23(26)25-22(19-10-5-4-6-11-19)21-12-8-7-9-18(21)3/h4-15,22H,1-3H3,(H2,24,25,26)/t22-/m0/s1. The Labute approximate surface area is 161 Å². The molecule has 0 spiro atoms. The van der Waals surface area contributed by atoms with E-state index in [0.29, 0.717) is 5.11 Å². The van der Waals surface area contributed by atoms with Gasteiger partial charge in [-0.05, 0) is 72.9 Å². The molecule has 0 aliphatic heterocycles. The fourth-order valence-electron chi connectivity index (χ4n) is 3.24. The molecule has 3 aromatic carbocycles. The van der Waals surface area contributed by atoms with Gasteiger partial charge in [0, 0.05) is 5.69 Å². The molecular formula is C23H24N2S. The first kappa shape index (κ1) is 18.2. The van der Waals surface area contributed by atoms with Crippen LogP contribution in [0.4, 0.5) is 5.69 Å². The summed E-state index contributed by atoms with van der Waals surface area (Å²) in [6.07, 6.45) is 0. The largest absolute Gasteiger partial charge is 0.352 e. The van der Waals surface area contributed by atoms with Crippen LogP contribution in [-0.2, 0) is 0 Å². The molecule has 0 aromatic heterocycles. The summed E-state index contributed by atoms with van der Waals surface area (Å²) >= 11 is 5.62. The second-order valence-electron chi connectivity index (χ2n) is 6.68. The number of rotatable bonds is 4. The molecular weight excluding hydrogens is 336 g/mol.